The molecule has 130 valence electrons. The lowest BCUT2D eigenvalue weighted by Gasteiger charge is -2.26. The highest BCUT2D eigenvalue weighted by Crippen LogP contribution is 2.38. The van der Waals surface area contributed by atoms with Crippen LogP contribution < -0.4 is 4.90 Å². The van der Waals surface area contributed by atoms with Gasteiger partial charge in [0.15, 0.2) is 0 Å². The van der Waals surface area contributed by atoms with Crippen LogP contribution >= 0.6 is 27.3 Å². The van der Waals surface area contributed by atoms with Crippen LogP contribution in [-0.4, -0.2) is 29.8 Å². The molecule has 2 amide bonds. The molecule has 1 aromatic heterocycles. The number of likely N-dealkylation sites (tertiary alicyclic amines) is 1. The number of benzene rings is 1. The van der Waals surface area contributed by atoms with E-state index in [4.69, 9.17) is 0 Å². The molecule has 2 saturated heterocycles. The number of anilines is 1. The van der Waals surface area contributed by atoms with Crippen LogP contribution in [0.2, 0.25) is 0 Å². The summed E-state index contributed by atoms with van der Waals surface area (Å²) in [4.78, 5) is 30.6. The Hall–Kier alpha value is -1.66. The number of carbonyl (C=O) groups excluding carboxylic acids is 2. The van der Waals surface area contributed by atoms with E-state index in [1.807, 2.05) is 35.2 Å². The summed E-state index contributed by atoms with van der Waals surface area (Å²) in [5, 5.41) is 2.06. The molecular weight excluding hydrogens is 400 g/mol. The number of rotatable bonds is 3. The van der Waals surface area contributed by atoms with Gasteiger partial charge in [-0.2, -0.15) is 0 Å². The van der Waals surface area contributed by atoms with Gasteiger partial charge >= 0.3 is 0 Å². The minimum absolute atomic E-state index is 0.0251. The first-order valence-electron chi connectivity index (χ1n) is 8.54. The maximum atomic E-state index is 13.1. The van der Waals surface area contributed by atoms with Crippen molar-refractivity contribution in [2.45, 2.75) is 25.3 Å². The van der Waals surface area contributed by atoms with Crippen molar-refractivity contribution in [3.63, 3.8) is 0 Å². The molecule has 0 N–H and O–H groups in total. The number of para-hydroxylation sites is 1. The van der Waals surface area contributed by atoms with Crippen molar-refractivity contribution in [3.8, 4) is 0 Å². The highest BCUT2D eigenvalue weighted by Gasteiger charge is 2.41. The van der Waals surface area contributed by atoms with Gasteiger partial charge in [0.25, 0.3) is 0 Å². The molecule has 6 heteroatoms. The Bertz CT molecular complexity index is 792. The molecule has 2 aromatic rings. The Balaban J connectivity index is 1.52. The molecule has 0 spiro atoms. The summed E-state index contributed by atoms with van der Waals surface area (Å²) >= 11 is 5.21. The number of halogens is 1. The van der Waals surface area contributed by atoms with Gasteiger partial charge in [-0.1, -0.05) is 18.2 Å². The molecule has 0 aliphatic carbocycles. The second-order valence-corrected chi connectivity index (χ2v) is 8.40. The van der Waals surface area contributed by atoms with Crippen LogP contribution in [0.25, 0.3) is 0 Å². The average Bonchev–Trinajstić information content (AvgIpc) is 3.35. The first kappa shape index (κ1) is 16.8. The van der Waals surface area contributed by atoms with E-state index in [-0.39, 0.29) is 23.8 Å². The molecule has 0 bridgehead atoms. The molecule has 0 unspecified atom stereocenters. The molecule has 0 saturated carbocycles. The Morgan fingerprint density at radius 1 is 1.20 bits per heavy atom. The van der Waals surface area contributed by atoms with Crippen molar-refractivity contribution >= 4 is 44.8 Å². The summed E-state index contributed by atoms with van der Waals surface area (Å²) in [6.07, 6.45) is 2.34. The fourth-order valence-electron chi connectivity index (χ4n) is 3.82. The summed E-state index contributed by atoms with van der Waals surface area (Å²) in [7, 11) is 0. The van der Waals surface area contributed by atoms with Gasteiger partial charge in [0.2, 0.25) is 11.8 Å². The summed E-state index contributed by atoms with van der Waals surface area (Å²) < 4.78 is 0.883. The van der Waals surface area contributed by atoms with Gasteiger partial charge < -0.3 is 9.80 Å². The minimum Gasteiger partial charge on any atom is -0.335 e. The van der Waals surface area contributed by atoms with Crippen LogP contribution in [0.15, 0.2) is 46.3 Å². The summed E-state index contributed by atoms with van der Waals surface area (Å²) in [6, 6.07) is 12.0. The topological polar surface area (TPSA) is 40.6 Å². The smallest absolute Gasteiger partial charge is 0.228 e. The van der Waals surface area contributed by atoms with Crippen molar-refractivity contribution in [2.24, 2.45) is 5.92 Å². The lowest BCUT2D eigenvalue weighted by Crippen LogP contribution is -2.36. The highest BCUT2D eigenvalue weighted by atomic mass is 79.9. The summed E-state index contributed by atoms with van der Waals surface area (Å²) in [5.41, 5.74) is 0.846. The zero-order chi connectivity index (χ0) is 17.4. The number of thiophene rings is 1. The van der Waals surface area contributed by atoms with Crippen molar-refractivity contribution in [2.75, 3.05) is 18.0 Å². The van der Waals surface area contributed by atoms with Gasteiger partial charge in [0.05, 0.1) is 17.6 Å². The van der Waals surface area contributed by atoms with E-state index in [0.29, 0.717) is 13.0 Å². The van der Waals surface area contributed by atoms with Crippen molar-refractivity contribution in [1.29, 1.82) is 0 Å². The van der Waals surface area contributed by atoms with E-state index in [0.717, 1.165) is 29.5 Å². The number of nitrogens with zero attached hydrogens (tertiary/aromatic N) is 2. The number of hydrogen-bond donors (Lipinski definition) is 0. The lowest BCUT2D eigenvalue weighted by atomic mass is 10.1. The SMILES string of the molecule is O=C1C[C@H](C(=O)N2CCC[C@@H]2c2cccs2)CN1c1ccccc1Br. The largest absolute Gasteiger partial charge is 0.335 e. The molecule has 3 heterocycles. The first-order valence-corrected chi connectivity index (χ1v) is 10.2. The van der Waals surface area contributed by atoms with Crippen LogP contribution in [0.5, 0.6) is 0 Å². The van der Waals surface area contributed by atoms with Crippen LogP contribution in [0.1, 0.15) is 30.2 Å². The molecule has 1 aromatic carbocycles. The predicted molar refractivity (Wildman–Crippen MR) is 103 cm³/mol. The second kappa shape index (κ2) is 6.92. The van der Waals surface area contributed by atoms with E-state index in [9.17, 15) is 9.59 Å². The maximum Gasteiger partial charge on any atom is 0.228 e. The average molecular weight is 419 g/mol. The Morgan fingerprint density at radius 3 is 2.80 bits per heavy atom. The minimum atomic E-state index is -0.250. The quantitative estimate of drug-likeness (QED) is 0.747. The zero-order valence-corrected chi connectivity index (χ0v) is 16.1. The van der Waals surface area contributed by atoms with Crippen LogP contribution in [0.4, 0.5) is 5.69 Å². The lowest BCUT2D eigenvalue weighted by molar-refractivity contribution is -0.136. The van der Waals surface area contributed by atoms with Crippen molar-refractivity contribution in [3.05, 3.63) is 51.1 Å². The predicted octanol–water partition coefficient (Wildman–Crippen LogP) is 4.23. The Morgan fingerprint density at radius 2 is 2.04 bits per heavy atom. The monoisotopic (exact) mass is 418 g/mol. The fourth-order valence-corrected chi connectivity index (χ4v) is 5.19. The first-order chi connectivity index (χ1) is 12.1. The molecule has 0 radical (unpaired) electrons. The van der Waals surface area contributed by atoms with Crippen LogP contribution in [0, 0.1) is 5.92 Å². The third kappa shape index (κ3) is 3.13. The van der Waals surface area contributed by atoms with Crippen molar-refractivity contribution < 1.29 is 9.59 Å². The maximum absolute atomic E-state index is 13.1. The summed E-state index contributed by atoms with van der Waals surface area (Å²) in [5.74, 6) is -0.101. The van der Waals surface area contributed by atoms with E-state index >= 15 is 0 Å². The standard InChI is InChI=1S/C19H19BrN2O2S/c20-14-5-1-2-6-15(14)22-12-13(11-18(22)23)19(24)21-9-3-7-16(21)17-8-4-10-25-17/h1-2,4-6,8,10,13,16H,3,7,9,11-12H2/t13-,16+/m0/s1. The molecule has 2 atom stereocenters. The normalized spacial score (nSPS) is 23.5. The Kier molecular flexibility index (Phi) is 4.65. The van der Waals surface area contributed by atoms with E-state index in [1.165, 1.54) is 4.88 Å². The Labute approximate surface area is 159 Å². The van der Waals surface area contributed by atoms with E-state index < -0.39 is 0 Å². The molecule has 4 nitrogen and oxygen atoms in total. The van der Waals surface area contributed by atoms with Gasteiger partial charge in [-0.3, -0.25) is 9.59 Å². The zero-order valence-electron chi connectivity index (χ0n) is 13.7. The molecule has 25 heavy (non-hydrogen) atoms. The number of carbonyl (C=O) groups is 2. The molecule has 2 aliphatic heterocycles. The van der Waals surface area contributed by atoms with Gasteiger partial charge in [0, 0.05) is 28.9 Å². The van der Waals surface area contributed by atoms with Gasteiger partial charge in [-0.05, 0) is 52.4 Å². The third-order valence-electron chi connectivity index (χ3n) is 5.03. The second-order valence-electron chi connectivity index (χ2n) is 6.56. The van der Waals surface area contributed by atoms with E-state index in [2.05, 4.69) is 27.4 Å². The number of amides is 2. The highest BCUT2D eigenvalue weighted by molar-refractivity contribution is 9.10. The summed E-state index contributed by atoms with van der Waals surface area (Å²) in [6.45, 7) is 1.26. The van der Waals surface area contributed by atoms with Crippen LogP contribution in [0.3, 0.4) is 0 Å². The fraction of sp³-hybridized carbons (Fsp3) is 0.368. The van der Waals surface area contributed by atoms with Crippen LogP contribution in [-0.2, 0) is 9.59 Å². The van der Waals surface area contributed by atoms with Crippen molar-refractivity contribution in [1.82, 2.24) is 4.90 Å². The third-order valence-corrected chi connectivity index (χ3v) is 6.67. The molecule has 4 rings (SSSR count). The molecule has 2 fully saturated rings. The molecule has 2 aliphatic rings. The van der Waals surface area contributed by atoms with Gasteiger partial charge in [-0.25, -0.2) is 0 Å². The van der Waals surface area contributed by atoms with E-state index in [1.54, 1.807) is 16.2 Å². The van der Waals surface area contributed by atoms with Gasteiger partial charge in [0.1, 0.15) is 0 Å². The molecular formula is C19H19BrN2O2S. The van der Waals surface area contributed by atoms with Gasteiger partial charge in [-0.15, -0.1) is 11.3 Å². The number of hydrogen-bond acceptors (Lipinski definition) is 3.